The zero-order valence-corrected chi connectivity index (χ0v) is 18.0. The fraction of sp³-hybridized carbons (Fsp3) is 0.478. The van der Waals surface area contributed by atoms with Gasteiger partial charge in [-0.25, -0.2) is 4.98 Å². The van der Waals surface area contributed by atoms with Crippen molar-refractivity contribution in [1.29, 1.82) is 0 Å². The van der Waals surface area contributed by atoms with E-state index in [0.29, 0.717) is 6.04 Å². The zero-order chi connectivity index (χ0) is 19.5. The van der Waals surface area contributed by atoms with Gasteiger partial charge in [-0.1, -0.05) is 43.5 Å². The van der Waals surface area contributed by atoms with Crippen LogP contribution < -0.4 is 0 Å². The van der Waals surface area contributed by atoms with Crippen LogP contribution in [0.3, 0.4) is 0 Å². The van der Waals surface area contributed by atoms with Gasteiger partial charge < -0.3 is 0 Å². The van der Waals surface area contributed by atoms with Crippen molar-refractivity contribution in [2.24, 2.45) is 7.05 Å². The third kappa shape index (κ3) is 4.20. The molecule has 0 radical (unpaired) electrons. The summed E-state index contributed by atoms with van der Waals surface area (Å²) in [7, 11) is 4.17. The van der Waals surface area contributed by atoms with Crippen LogP contribution in [0.4, 0.5) is 0 Å². The molecule has 1 unspecified atom stereocenters. The summed E-state index contributed by atoms with van der Waals surface area (Å²) < 4.78 is 1.93. The van der Waals surface area contributed by atoms with Crippen LogP contribution in [0, 0.1) is 0 Å². The molecule has 4 rings (SSSR count). The first-order valence-electron chi connectivity index (χ1n) is 10.3. The first kappa shape index (κ1) is 19.3. The van der Waals surface area contributed by atoms with Crippen molar-refractivity contribution in [3.8, 4) is 11.3 Å². The van der Waals surface area contributed by atoms with Crippen molar-refractivity contribution < 1.29 is 0 Å². The Hall–Kier alpha value is -1.98. The summed E-state index contributed by atoms with van der Waals surface area (Å²) in [6.45, 7) is 3.07. The largest absolute Gasteiger partial charge is 0.293 e. The van der Waals surface area contributed by atoms with Crippen molar-refractivity contribution >= 4 is 11.3 Å². The van der Waals surface area contributed by atoms with Crippen LogP contribution in [0.25, 0.3) is 11.3 Å². The number of benzene rings is 1. The Morgan fingerprint density at radius 3 is 2.61 bits per heavy atom. The second-order valence-corrected chi connectivity index (χ2v) is 9.02. The molecule has 2 aromatic heterocycles. The molecule has 1 atom stereocenters. The standard InChI is InChI=1S/C23H30N4S/c1-17(23-24-13-14-28-23)26(2)15-21-16-27(3)25-22(21)20-11-9-19(10-12-20)18-7-5-4-6-8-18/h9-14,16-18H,4-8,15H2,1-3H3. The van der Waals surface area contributed by atoms with Crippen LogP contribution in [0.1, 0.15) is 67.1 Å². The fourth-order valence-corrected chi connectivity index (χ4v) is 5.04. The molecule has 0 amide bonds. The monoisotopic (exact) mass is 394 g/mol. The molecule has 0 bridgehead atoms. The Morgan fingerprint density at radius 1 is 1.18 bits per heavy atom. The van der Waals surface area contributed by atoms with Crippen LogP contribution in [-0.2, 0) is 13.6 Å². The number of hydrogen-bond donors (Lipinski definition) is 0. The smallest absolute Gasteiger partial charge is 0.109 e. The van der Waals surface area contributed by atoms with Gasteiger partial charge in [0, 0.05) is 42.5 Å². The molecule has 1 fully saturated rings. The molecule has 5 heteroatoms. The molecule has 2 heterocycles. The van der Waals surface area contributed by atoms with E-state index in [1.54, 1.807) is 11.3 Å². The topological polar surface area (TPSA) is 34.0 Å². The maximum atomic E-state index is 4.78. The lowest BCUT2D eigenvalue weighted by atomic mass is 9.84. The summed E-state index contributed by atoms with van der Waals surface area (Å²) >= 11 is 1.72. The maximum Gasteiger partial charge on any atom is 0.109 e. The van der Waals surface area contributed by atoms with Crippen LogP contribution in [-0.4, -0.2) is 26.7 Å². The second-order valence-electron chi connectivity index (χ2n) is 8.09. The molecule has 28 heavy (non-hydrogen) atoms. The van der Waals surface area contributed by atoms with Gasteiger partial charge in [0.15, 0.2) is 0 Å². The number of aryl methyl sites for hydroxylation is 1. The molecule has 4 nitrogen and oxygen atoms in total. The summed E-state index contributed by atoms with van der Waals surface area (Å²) in [6.07, 6.45) is 10.9. The Kier molecular flexibility index (Phi) is 5.93. The quantitative estimate of drug-likeness (QED) is 0.531. The SMILES string of the molecule is CC(c1nccs1)N(C)Cc1cn(C)nc1-c1ccc(C2CCCCC2)cc1. The van der Waals surface area contributed by atoms with E-state index in [1.165, 1.54) is 48.8 Å². The van der Waals surface area contributed by atoms with Crippen molar-refractivity contribution in [2.75, 3.05) is 7.05 Å². The van der Waals surface area contributed by atoms with E-state index < -0.39 is 0 Å². The molecule has 0 saturated heterocycles. The third-order valence-corrected chi connectivity index (χ3v) is 7.00. The first-order valence-corrected chi connectivity index (χ1v) is 11.2. The Balaban J connectivity index is 1.52. The minimum absolute atomic E-state index is 0.293. The summed E-state index contributed by atoms with van der Waals surface area (Å²) in [6, 6.07) is 9.47. The van der Waals surface area contributed by atoms with Crippen LogP contribution >= 0.6 is 11.3 Å². The fourth-order valence-electron chi connectivity index (χ4n) is 4.28. The summed E-state index contributed by atoms with van der Waals surface area (Å²) in [5.41, 5.74) is 5.07. The van der Waals surface area contributed by atoms with Crippen molar-refractivity contribution in [3.63, 3.8) is 0 Å². The lowest BCUT2D eigenvalue weighted by molar-refractivity contribution is 0.253. The van der Waals surface area contributed by atoms with E-state index in [2.05, 4.69) is 54.3 Å². The van der Waals surface area contributed by atoms with Gasteiger partial charge in [-0.15, -0.1) is 11.3 Å². The highest BCUT2D eigenvalue weighted by molar-refractivity contribution is 7.09. The minimum atomic E-state index is 0.293. The van der Waals surface area contributed by atoms with Crippen molar-refractivity contribution in [2.45, 2.75) is 57.5 Å². The molecule has 1 aliphatic carbocycles. The highest BCUT2D eigenvalue weighted by Crippen LogP contribution is 2.34. The number of thiazole rings is 1. The summed E-state index contributed by atoms with van der Waals surface area (Å²) in [4.78, 5) is 6.82. The van der Waals surface area contributed by atoms with Crippen molar-refractivity contribution in [3.05, 3.63) is 58.2 Å². The zero-order valence-electron chi connectivity index (χ0n) is 17.1. The van der Waals surface area contributed by atoms with Gasteiger partial charge in [0.2, 0.25) is 0 Å². The van der Waals surface area contributed by atoms with Gasteiger partial charge in [0.05, 0.1) is 11.7 Å². The highest BCUT2D eigenvalue weighted by atomic mass is 32.1. The number of nitrogens with zero attached hydrogens (tertiary/aromatic N) is 4. The first-order chi connectivity index (χ1) is 13.6. The van der Waals surface area contributed by atoms with E-state index in [4.69, 9.17) is 5.10 Å². The van der Waals surface area contributed by atoms with E-state index in [-0.39, 0.29) is 0 Å². The molecule has 1 aromatic carbocycles. The van der Waals surface area contributed by atoms with E-state index in [9.17, 15) is 0 Å². The lowest BCUT2D eigenvalue weighted by Gasteiger charge is -2.23. The second kappa shape index (κ2) is 8.58. The van der Waals surface area contributed by atoms with E-state index in [1.807, 2.05) is 23.3 Å². The predicted molar refractivity (Wildman–Crippen MR) is 116 cm³/mol. The molecule has 148 valence electrons. The highest BCUT2D eigenvalue weighted by Gasteiger charge is 2.19. The van der Waals surface area contributed by atoms with Gasteiger partial charge in [-0.05, 0) is 38.3 Å². The molecule has 0 aliphatic heterocycles. The molecule has 0 spiro atoms. The number of aromatic nitrogens is 3. The average molecular weight is 395 g/mol. The Bertz CT molecular complexity index is 876. The van der Waals surface area contributed by atoms with Gasteiger partial charge in [-0.3, -0.25) is 9.58 Å². The maximum absolute atomic E-state index is 4.78. The molecular weight excluding hydrogens is 364 g/mol. The van der Waals surface area contributed by atoms with Gasteiger partial charge in [0.1, 0.15) is 5.01 Å². The average Bonchev–Trinajstić information content (AvgIpc) is 3.38. The molecule has 0 N–H and O–H groups in total. The number of rotatable bonds is 6. The number of hydrogen-bond acceptors (Lipinski definition) is 4. The normalized spacial score (nSPS) is 16.6. The van der Waals surface area contributed by atoms with Crippen LogP contribution in [0.5, 0.6) is 0 Å². The van der Waals surface area contributed by atoms with E-state index >= 15 is 0 Å². The third-order valence-electron chi connectivity index (χ3n) is 6.05. The van der Waals surface area contributed by atoms with Crippen LogP contribution in [0.15, 0.2) is 42.0 Å². The minimum Gasteiger partial charge on any atom is -0.293 e. The van der Waals surface area contributed by atoms with E-state index in [0.717, 1.165) is 23.2 Å². The predicted octanol–water partition coefficient (Wildman–Crippen LogP) is 5.78. The molecular formula is C23H30N4S. The van der Waals surface area contributed by atoms with Crippen LogP contribution in [0.2, 0.25) is 0 Å². The Morgan fingerprint density at radius 2 is 1.93 bits per heavy atom. The molecule has 1 aliphatic rings. The summed E-state index contributed by atoms with van der Waals surface area (Å²) in [5, 5.41) is 7.98. The molecule has 1 saturated carbocycles. The summed E-state index contributed by atoms with van der Waals surface area (Å²) in [5.74, 6) is 0.747. The Labute approximate surface area is 172 Å². The van der Waals surface area contributed by atoms with Gasteiger partial charge in [0.25, 0.3) is 0 Å². The van der Waals surface area contributed by atoms with Crippen molar-refractivity contribution in [1.82, 2.24) is 19.7 Å². The van der Waals surface area contributed by atoms with Gasteiger partial charge in [-0.2, -0.15) is 5.10 Å². The molecule has 3 aromatic rings. The van der Waals surface area contributed by atoms with Gasteiger partial charge >= 0.3 is 0 Å². The lowest BCUT2D eigenvalue weighted by Crippen LogP contribution is -2.21.